The molecule has 1 saturated carbocycles. The molecule has 1 atom stereocenters. The van der Waals surface area contributed by atoms with Gasteiger partial charge < -0.3 is 10.1 Å². The van der Waals surface area contributed by atoms with Gasteiger partial charge in [0.05, 0.1) is 12.6 Å². The van der Waals surface area contributed by atoms with Crippen LogP contribution in [0.4, 0.5) is 0 Å². The van der Waals surface area contributed by atoms with Gasteiger partial charge in [0.2, 0.25) is 0 Å². The minimum atomic E-state index is 0.370. The van der Waals surface area contributed by atoms with Gasteiger partial charge in [-0.25, -0.2) is 0 Å². The Morgan fingerprint density at radius 3 is 2.71 bits per heavy atom. The molecule has 1 N–H and O–H groups in total. The zero-order chi connectivity index (χ0) is 11.9. The van der Waals surface area contributed by atoms with Crippen LogP contribution in [0.15, 0.2) is 0 Å². The first kappa shape index (κ1) is 13.0. The summed E-state index contributed by atoms with van der Waals surface area (Å²) in [5.41, 5.74) is 0. The van der Waals surface area contributed by atoms with E-state index in [4.69, 9.17) is 4.74 Å². The molecule has 2 rings (SSSR count). The van der Waals surface area contributed by atoms with E-state index >= 15 is 0 Å². The molecule has 98 valence electrons. The lowest BCUT2D eigenvalue weighted by molar-refractivity contribution is -0.118. The minimum Gasteiger partial charge on any atom is -0.378 e. The number of hydrogen-bond acceptors (Lipinski definition) is 3. The van der Waals surface area contributed by atoms with E-state index in [9.17, 15) is 4.79 Å². The van der Waals surface area contributed by atoms with Crippen LogP contribution in [-0.4, -0.2) is 31.1 Å². The summed E-state index contributed by atoms with van der Waals surface area (Å²) in [6, 6.07) is 0.608. The summed E-state index contributed by atoms with van der Waals surface area (Å²) in [5.74, 6) is 0.370. The Bertz CT molecular complexity index is 230. The van der Waals surface area contributed by atoms with Crippen molar-refractivity contribution in [2.75, 3.05) is 13.2 Å². The number of hydrogen-bond donors (Lipinski definition) is 1. The molecule has 17 heavy (non-hydrogen) atoms. The number of ketones is 1. The van der Waals surface area contributed by atoms with Gasteiger partial charge in [-0.05, 0) is 38.5 Å². The lowest BCUT2D eigenvalue weighted by atomic mass is 10.1. The molecular formula is C14H25NO2. The Morgan fingerprint density at radius 1 is 1.18 bits per heavy atom. The Labute approximate surface area is 104 Å². The van der Waals surface area contributed by atoms with Crippen LogP contribution in [0.1, 0.15) is 57.8 Å². The topological polar surface area (TPSA) is 38.3 Å². The van der Waals surface area contributed by atoms with E-state index in [-0.39, 0.29) is 0 Å². The molecule has 2 aliphatic rings. The zero-order valence-corrected chi connectivity index (χ0v) is 10.7. The van der Waals surface area contributed by atoms with Crippen molar-refractivity contribution in [1.82, 2.24) is 5.32 Å². The van der Waals surface area contributed by atoms with Gasteiger partial charge in [0.15, 0.2) is 0 Å². The maximum atomic E-state index is 11.7. The highest BCUT2D eigenvalue weighted by molar-refractivity contribution is 5.80. The fourth-order valence-corrected chi connectivity index (χ4v) is 2.88. The number of rotatable bonds is 7. The van der Waals surface area contributed by atoms with Gasteiger partial charge in [0.1, 0.15) is 5.78 Å². The van der Waals surface area contributed by atoms with Gasteiger partial charge in [-0.2, -0.15) is 0 Å². The molecule has 0 bridgehead atoms. The third kappa shape index (κ3) is 4.76. The average Bonchev–Trinajstić information content (AvgIpc) is 2.99. The molecule has 1 aliphatic carbocycles. The SMILES string of the molecule is O=C(CCCC1CCCO1)CNC1CCCC1. The summed E-state index contributed by atoms with van der Waals surface area (Å²) in [6.45, 7) is 1.50. The molecular weight excluding hydrogens is 214 g/mol. The van der Waals surface area contributed by atoms with E-state index in [1.807, 2.05) is 0 Å². The predicted molar refractivity (Wildman–Crippen MR) is 68.1 cm³/mol. The van der Waals surface area contributed by atoms with Crippen molar-refractivity contribution in [2.45, 2.75) is 69.9 Å². The van der Waals surface area contributed by atoms with Gasteiger partial charge in [0.25, 0.3) is 0 Å². The van der Waals surface area contributed by atoms with Gasteiger partial charge in [-0.1, -0.05) is 12.8 Å². The number of Topliss-reactive ketones (excluding diaryl/α,β-unsaturated/α-hetero) is 1. The van der Waals surface area contributed by atoms with Crippen molar-refractivity contribution in [3.8, 4) is 0 Å². The van der Waals surface area contributed by atoms with Crippen molar-refractivity contribution >= 4 is 5.78 Å². The quantitative estimate of drug-likeness (QED) is 0.741. The predicted octanol–water partition coefficient (Wildman–Crippen LogP) is 2.44. The number of nitrogens with one attached hydrogen (secondary N) is 1. The van der Waals surface area contributed by atoms with Gasteiger partial charge in [-0.15, -0.1) is 0 Å². The fourth-order valence-electron chi connectivity index (χ4n) is 2.88. The van der Waals surface area contributed by atoms with Crippen LogP contribution < -0.4 is 5.32 Å². The summed E-state index contributed by atoms with van der Waals surface area (Å²) < 4.78 is 5.55. The molecule has 0 spiro atoms. The van der Waals surface area contributed by atoms with Gasteiger partial charge in [-0.3, -0.25) is 4.79 Å². The fraction of sp³-hybridized carbons (Fsp3) is 0.929. The highest BCUT2D eigenvalue weighted by atomic mass is 16.5. The van der Waals surface area contributed by atoms with Crippen LogP contribution in [0.3, 0.4) is 0 Å². The van der Waals surface area contributed by atoms with Crippen LogP contribution >= 0.6 is 0 Å². The monoisotopic (exact) mass is 239 g/mol. The van der Waals surface area contributed by atoms with E-state index in [0.29, 0.717) is 24.5 Å². The second-order valence-corrected chi connectivity index (χ2v) is 5.43. The first-order valence-electron chi connectivity index (χ1n) is 7.21. The lowest BCUT2D eigenvalue weighted by Crippen LogP contribution is -2.31. The van der Waals surface area contributed by atoms with Crippen LogP contribution in [0.25, 0.3) is 0 Å². The average molecular weight is 239 g/mol. The Hall–Kier alpha value is -0.410. The molecule has 3 heteroatoms. The largest absolute Gasteiger partial charge is 0.378 e. The second-order valence-electron chi connectivity index (χ2n) is 5.43. The normalized spacial score (nSPS) is 25.5. The first-order valence-corrected chi connectivity index (χ1v) is 7.21. The summed E-state index contributed by atoms with van der Waals surface area (Å²) in [4.78, 5) is 11.7. The van der Waals surface area contributed by atoms with Crippen molar-refractivity contribution < 1.29 is 9.53 Å². The molecule has 1 saturated heterocycles. The van der Waals surface area contributed by atoms with Gasteiger partial charge >= 0.3 is 0 Å². The van der Waals surface area contributed by atoms with Crippen molar-refractivity contribution in [3.05, 3.63) is 0 Å². The van der Waals surface area contributed by atoms with E-state index in [1.54, 1.807) is 0 Å². The van der Waals surface area contributed by atoms with E-state index in [0.717, 1.165) is 25.9 Å². The molecule has 0 aromatic rings. The third-order valence-electron chi connectivity index (χ3n) is 3.95. The zero-order valence-electron chi connectivity index (χ0n) is 10.7. The second kappa shape index (κ2) is 7.12. The van der Waals surface area contributed by atoms with Crippen molar-refractivity contribution in [3.63, 3.8) is 0 Å². The maximum Gasteiger partial charge on any atom is 0.146 e. The summed E-state index contributed by atoms with van der Waals surface area (Å²) in [5, 5.41) is 3.38. The summed E-state index contributed by atoms with van der Waals surface area (Å²) in [7, 11) is 0. The highest BCUT2D eigenvalue weighted by Crippen LogP contribution is 2.18. The third-order valence-corrected chi connectivity index (χ3v) is 3.95. The summed E-state index contributed by atoms with van der Waals surface area (Å²) in [6.07, 6.45) is 10.8. The standard InChI is InChI=1S/C14H25NO2/c16-13(11-15-12-5-1-2-6-12)7-3-8-14-9-4-10-17-14/h12,14-15H,1-11H2. The van der Waals surface area contributed by atoms with Crippen molar-refractivity contribution in [2.24, 2.45) is 0 Å². The van der Waals surface area contributed by atoms with Gasteiger partial charge in [0, 0.05) is 19.1 Å². The molecule has 0 radical (unpaired) electrons. The first-order chi connectivity index (χ1) is 8.34. The molecule has 0 aromatic heterocycles. The summed E-state index contributed by atoms with van der Waals surface area (Å²) >= 11 is 0. The molecule has 1 heterocycles. The molecule has 1 unspecified atom stereocenters. The molecule has 0 amide bonds. The Balaban J connectivity index is 1.48. The smallest absolute Gasteiger partial charge is 0.146 e. The van der Waals surface area contributed by atoms with Crippen LogP contribution in [0, 0.1) is 0 Å². The molecule has 2 fully saturated rings. The number of carbonyl (C=O) groups is 1. The Morgan fingerprint density at radius 2 is 2.00 bits per heavy atom. The van der Waals surface area contributed by atoms with Crippen LogP contribution in [-0.2, 0) is 9.53 Å². The van der Waals surface area contributed by atoms with E-state index in [2.05, 4.69) is 5.32 Å². The lowest BCUT2D eigenvalue weighted by Gasteiger charge is -2.11. The van der Waals surface area contributed by atoms with Crippen LogP contribution in [0.5, 0.6) is 0 Å². The molecule has 3 nitrogen and oxygen atoms in total. The van der Waals surface area contributed by atoms with Crippen LogP contribution in [0.2, 0.25) is 0 Å². The van der Waals surface area contributed by atoms with Crippen molar-refractivity contribution in [1.29, 1.82) is 0 Å². The van der Waals surface area contributed by atoms with E-state index in [1.165, 1.54) is 38.5 Å². The number of ether oxygens (including phenoxy) is 1. The molecule has 1 aliphatic heterocycles. The molecule has 0 aromatic carbocycles. The number of carbonyl (C=O) groups excluding carboxylic acids is 1. The van der Waals surface area contributed by atoms with E-state index < -0.39 is 0 Å². The minimum absolute atomic E-state index is 0.370. The maximum absolute atomic E-state index is 11.7. The Kier molecular flexibility index (Phi) is 5.46. The highest BCUT2D eigenvalue weighted by Gasteiger charge is 2.17.